The van der Waals surface area contributed by atoms with Crippen LogP contribution in [0.1, 0.15) is 103 Å². The number of aryl methyl sites for hydroxylation is 1. The molecule has 1 saturated carbocycles. The number of rotatable bonds is 9. The van der Waals surface area contributed by atoms with Crippen LogP contribution in [0.2, 0.25) is 0 Å². The molecule has 4 aromatic carbocycles. The number of aromatic hydroxyl groups is 1. The van der Waals surface area contributed by atoms with E-state index in [-0.39, 0.29) is 35.9 Å². The first-order valence-electron chi connectivity index (χ1n) is 21.2. The molecule has 3 heterocycles. The molecular formula is C48H55FN4O4. The number of benzene rings is 4. The lowest BCUT2D eigenvalue weighted by molar-refractivity contribution is -0.133. The van der Waals surface area contributed by atoms with E-state index in [9.17, 15) is 14.7 Å². The summed E-state index contributed by atoms with van der Waals surface area (Å²) in [6, 6.07) is 28.3. The fourth-order valence-electron chi connectivity index (χ4n) is 11.1. The van der Waals surface area contributed by atoms with Crippen LogP contribution in [0.15, 0.2) is 84.9 Å². The van der Waals surface area contributed by atoms with Crippen LogP contribution in [-0.2, 0) is 16.0 Å². The van der Waals surface area contributed by atoms with Crippen LogP contribution in [0, 0.1) is 17.2 Å². The van der Waals surface area contributed by atoms with Crippen molar-refractivity contribution in [3.8, 4) is 11.5 Å². The molecule has 3 N–H and O–H groups in total. The number of carbonyl (C=O) groups is 2. The number of phenols is 1. The summed E-state index contributed by atoms with van der Waals surface area (Å²) in [5.74, 6) is 1.85. The van der Waals surface area contributed by atoms with Crippen LogP contribution in [0.5, 0.6) is 11.5 Å². The third-order valence-corrected chi connectivity index (χ3v) is 14.1. The van der Waals surface area contributed by atoms with Crippen LogP contribution in [0.4, 0.5) is 15.8 Å². The highest BCUT2D eigenvalue weighted by Gasteiger charge is 2.46. The minimum absolute atomic E-state index is 0.145. The SMILES string of the molecule is COc1cc(N2CCC3(CC2)CC(CN2CCC(c4ccc(N[C@@H]5CCC(=O)NC5=O)cc4F)CC2)C3)ccc1[C@@H]1c2ccc(O)cc2CC[C@@H]1c1ccccc1. The highest BCUT2D eigenvalue weighted by molar-refractivity contribution is 6.01. The molecule has 8 nitrogen and oxygen atoms in total. The van der Waals surface area contributed by atoms with Gasteiger partial charge in [-0.25, -0.2) is 4.39 Å². The van der Waals surface area contributed by atoms with E-state index in [4.69, 9.17) is 4.74 Å². The molecule has 0 radical (unpaired) electrons. The Morgan fingerprint density at radius 1 is 0.842 bits per heavy atom. The highest BCUT2D eigenvalue weighted by atomic mass is 19.1. The molecule has 2 aliphatic carbocycles. The number of ether oxygens (including phenoxy) is 1. The summed E-state index contributed by atoms with van der Waals surface area (Å²) in [4.78, 5) is 28.8. The number of hydrogen-bond acceptors (Lipinski definition) is 7. The molecule has 4 fully saturated rings. The number of methoxy groups -OCH3 is 1. The van der Waals surface area contributed by atoms with Gasteiger partial charge < -0.3 is 25.0 Å². The first-order chi connectivity index (χ1) is 27.7. The van der Waals surface area contributed by atoms with Gasteiger partial charge in [-0.2, -0.15) is 0 Å². The second kappa shape index (κ2) is 15.8. The van der Waals surface area contributed by atoms with E-state index in [0.717, 1.165) is 75.6 Å². The molecule has 9 rings (SSSR count). The fourth-order valence-corrected chi connectivity index (χ4v) is 11.1. The summed E-state index contributed by atoms with van der Waals surface area (Å²) in [6.07, 6.45) is 9.63. The number of amides is 2. The third kappa shape index (κ3) is 7.75. The van der Waals surface area contributed by atoms with Gasteiger partial charge in [0.25, 0.3) is 0 Å². The molecule has 1 spiro atoms. The van der Waals surface area contributed by atoms with Gasteiger partial charge in [0.15, 0.2) is 0 Å². The Hall–Kier alpha value is -4.89. The van der Waals surface area contributed by atoms with Crippen LogP contribution in [0.3, 0.4) is 0 Å². The molecule has 3 atom stereocenters. The number of phenolic OH excluding ortho intramolecular Hbond substituents is 1. The zero-order chi connectivity index (χ0) is 39.1. The molecule has 2 amide bonds. The zero-order valence-corrected chi connectivity index (χ0v) is 33.0. The van der Waals surface area contributed by atoms with Crippen LogP contribution in [0.25, 0.3) is 0 Å². The number of carbonyl (C=O) groups excluding carboxylic acids is 2. The van der Waals surface area contributed by atoms with Crippen molar-refractivity contribution in [1.82, 2.24) is 10.2 Å². The summed E-state index contributed by atoms with van der Waals surface area (Å²) < 4.78 is 21.5. The zero-order valence-electron chi connectivity index (χ0n) is 33.0. The smallest absolute Gasteiger partial charge is 0.249 e. The van der Waals surface area contributed by atoms with E-state index in [0.29, 0.717) is 29.2 Å². The summed E-state index contributed by atoms with van der Waals surface area (Å²) in [6.45, 7) is 5.26. The standard InChI is InChI=1S/C48H55FN4O4/c1-57-44-27-36(9-13-41(44)46-39(32-5-3-2-4-6-32)11-7-34-25-37(54)10-14-40(34)46)53-23-19-48(20-24-53)28-31(29-48)30-52-21-17-33(18-22-52)38-12-8-35(26-42(38)49)50-43-15-16-45(55)51-47(43)56/h2-6,8-10,12-14,25-27,31,33,39,43,46,50,54H,7,11,15-24,28-30H2,1H3,(H,51,55,56)/t39-,43-,46+/m1/s1. The number of halogens is 1. The molecule has 0 unspecified atom stereocenters. The van der Waals surface area contributed by atoms with Gasteiger partial charge in [-0.05, 0) is 147 Å². The van der Waals surface area contributed by atoms with Crippen LogP contribution in [-0.4, -0.2) is 67.7 Å². The molecular weight excluding hydrogens is 716 g/mol. The van der Waals surface area contributed by atoms with Crippen molar-refractivity contribution in [3.05, 3.63) is 119 Å². The first-order valence-corrected chi connectivity index (χ1v) is 21.2. The van der Waals surface area contributed by atoms with Crippen LogP contribution < -0.4 is 20.3 Å². The molecule has 57 heavy (non-hydrogen) atoms. The van der Waals surface area contributed by atoms with E-state index in [2.05, 4.69) is 75.0 Å². The Kier molecular flexibility index (Phi) is 10.4. The van der Waals surface area contributed by atoms with Crippen molar-refractivity contribution in [2.75, 3.05) is 50.1 Å². The van der Waals surface area contributed by atoms with Gasteiger partial charge in [0.2, 0.25) is 11.8 Å². The molecule has 298 valence electrons. The van der Waals surface area contributed by atoms with E-state index in [1.165, 1.54) is 59.7 Å². The third-order valence-electron chi connectivity index (χ3n) is 14.1. The Morgan fingerprint density at radius 3 is 2.33 bits per heavy atom. The molecule has 0 bridgehead atoms. The van der Waals surface area contributed by atoms with Crippen LogP contribution >= 0.6 is 0 Å². The van der Waals surface area contributed by atoms with E-state index >= 15 is 4.39 Å². The Balaban J connectivity index is 0.776. The van der Waals surface area contributed by atoms with E-state index < -0.39 is 6.04 Å². The van der Waals surface area contributed by atoms with Gasteiger partial charge >= 0.3 is 0 Å². The highest BCUT2D eigenvalue weighted by Crippen LogP contribution is 2.54. The van der Waals surface area contributed by atoms with Gasteiger partial charge in [0.05, 0.1) is 7.11 Å². The second-order valence-corrected chi connectivity index (χ2v) is 17.6. The maximum absolute atomic E-state index is 15.3. The van der Waals surface area contributed by atoms with Gasteiger partial charge in [0.1, 0.15) is 23.4 Å². The maximum Gasteiger partial charge on any atom is 0.249 e. The minimum atomic E-state index is -0.519. The molecule has 3 saturated heterocycles. The summed E-state index contributed by atoms with van der Waals surface area (Å²) >= 11 is 0. The lowest BCUT2D eigenvalue weighted by Gasteiger charge is -2.54. The monoisotopic (exact) mass is 770 g/mol. The number of nitrogens with one attached hydrogen (secondary N) is 2. The van der Waals surface area contributed by atoms with Crippen molar-refractivity contribution < 1.29 is 23.8 Å². The molecule has 0 aromatic heterocycles. The van der Waals surface area contributed by atoms with Gasteiger partial charge in [-0.15, -0.1) is 0 Å². The van der Waals surface area contributed by atoms with Gasteiger partial charge in [-0.3, -0.25) is 14.9 Å². The number of nitrogens with zero attached hydrogens (tertiary/aromatic N) is 2. The molecule has 9 heteroatoms. The lowest BCUT2D eigenvalue weighted by Crippen LogP contribution is -2.50. The molecule has 3 aliphatic heterocycles. The number of anilines is 2. The predicted molar refractivity (Wildman–Crippen MR) is 222 cm³/mol. The number of imide groups is 1. The summed E-state index contributed by atoms with van der Waals surface area (Å²) in [5.41, 5.74) is 8.10. The number of piperidine rings is 3. The summed E-state index contributed by atoms with van der Waals surface area (Å²) in [7, 11) is 1.80. The first kappa shape index (κ1) is 37.7. The van der Waals surface area contributed by atoms with E-state index in [1.807, 2.05) is 24.3 Å². The molecule has 5 aliphatic rings. The average molecular weight is 771 g/mol. The Bertz CT molecular complexity index is 2100. The quantitative estimate of drug-likeness (QED) is 0.147. The Morgan fingerprint density at radius 2 is 1.60 bits per heavy atom. The largest absolute Gasteiger partial charge is 0.508 e. The normalized spacial score (nSPS) is 24.1. The van der Waals surface area contributed by atoms with Crippen molar-refractivity contribution in [2.45, 2.75) is 88.0 Å². The van der Waals surface area contributed by atoms with Crippen molar-refractivity contribution >= 4 is 23.2 Å². The number of likely N-dealkylation sites (tertiary alicyclic amines) is 1. The van der Waals surface area contributed by atoms with Crippen molar-refractivity contribution in [2.24, 2.45) is 11.3 Å². The van der Waals surface area contributed by atoms with Gasteiger partial charge in [0, 0.05) is 55.0 Å². The second-order valence-electron chi connectivity index (χ2n) is 17.6. The topological polar surface area (TPSA) is 94.1 Å². The lowest BCUT2D eigenvalue weighted by atomic mass is 9.57. The van der Waals surface area contributed by atoms with Gasteiger partial charge in [-0.1, -0.05) is 48.5 Å². The predicted octanol–water partition coefficient (Wildman–Crippen LogP) is 8.50. The van der Waals surface area contributed by atoms with E-state index in [1.54, 1.807) is 7.11 Å². The number of fused-ring (bicyclic) bond motifs is 1. The maximum atomic E-state index is 15.3. The number of hydrogen-bond donors (Lipinski definition) is 3. The average Bonchev–Trinajstić information content (AvgIpc) is 3.21. The Labute approximate surface area is 335 Å². The molecule has 4 aromatic rings. The fraction of sp³-hybridized carbons (Fsp3) is 0.458. The minimum Gasteiger partial charge on any atom is -0.508 e. The van der Waals surface area contributed by atoms with Crippen molar-refractivity contribution in [1.29, 1.82) is 0 Å². The van der Waals surface area contributed by atoms with Crippen molar-refractivity contribution in [3.63, 3.8) is 0 Å². The summed E-state index contributed by atoms with van der Waals surface area (Å²) in [5, 5.41) is 15.8.